The van der Waals surface area contributed by atoms with Gasteiger partial charge in [0, 0.05) is 25.2 Å². The summed E-state index contributed by atoms with van der Waals surface area (Å²) in [6, 6.07) is 0.422. The molecule has 0 amide bonds. The normalized spacial score (nSPS) is 29.1. The van der Waals surface area contributed by atoms with Gasteiger partial charge in [-0.15, -0.1) is 0 Å². The van der Waals surface area contributed by atoms with Gasteiger partial charge >= 0.3 is 5.97 Å². The highest BCUT2D eigenvalue weighted by atomic mass is 16.4. The molecule has 1 rings (SSSR count). The number of aliphatic hydroxyl groups excluding tert-OH is 1. The van der Waals surface area contributed by atoms with E-state index in [4.69, 9.17) is 5.11 Å². The maximum absolute atomic E-state index is 10.5. The fraction of sp³-hybridized carbons (Fsp3) is 0.727. The van der Waals surface area contributed by atoms with Crippen molar-refractivity contribution in [1.82, 2.24) is 4.90 Å². The summed E-state index contributed by atoms with van der Waals surface area (Å²) in [5, 5.41) is 18.1. The van der Waals surface area contributed by atoms with Crippen LogP contribution >= 0.6 is 0 Å². The minimum atomic E-state index is -0.905. The molecule has 0 aromatic rings. The number of carboxylic acids is 1. The topological polar surface area (TPSA) is 60.8 Å². The zero-order valence-corrected chi connectivity index (χ0v) is 9.31. The Morgan fingerprint density at radius 1 is 1.53 bits per heavy atom. The molecular formula is C11H19NO3. The predicted octanol–water partition coefficient (Wildman–Crippen LogP) is 0.863. The molecule has 1 aliphatic rings. The average molecular weight is 213 g/mol. The first-order valence-corrected chi connectivity index (χ1v) is 5.31. The van der Waals surface area contributed by atoms with E-state index in [9.17, 15) is 9.90 Å². The van der Waals surface area contributed by atoms with Gasteiger partial charge in [-0.25, -0.2) is 4.79 Å². The Morgan fingerprint density at radius 3 is 2.80 bits per heavy atom. The molecule has 1 fully saturated rings. The molecule has 0 saturated carbocycles. The number of hydrogen-bond donors (Lipinski definition) is 2. The van der Waals surface area contributed by atoms with Gasteiger partial charge in [0.2, 0.25) is 0 Å². The largest absolute Gasteiger partial charge is 0.478 e. The number of aliphatic carboxylic acids is 1. The minimum Gasteiger partial charge on any atom is -0.478 e. The van der Waals surface area contributed by atoms with E-state index < -0.39 is 5.97 Å². The van der Waals surface area contributed by atoms with Crippen molar-refractivity contribution in [2.75, 3.05) is 13.1 Å². The Labute approximate surface area is 90.2 Å². The molecule has 0 bridgehead atoms. The third-order valence-corrected chi connectivity index (χ3v) is 2.81. The van der Waals surface area contributed by atoms with Crippen LogP contribution in [0.3, 0.4) is 0 Å². The van der Waals surface area contributed by atoms with Crippen molar-refractivity contribution in [2.24, 2.45) is 0 Å². The number of β-amino-alcohol motifs (C(OH)–C–C–N with tert-alkyl or cyclic N) is 1. The Morgan fingerprint density at radius 2 is 2.20 bits per heavy atom. The van der Waals surface area contributed by atoms with E-state index in [1.165, 1.54) is 6.08 Å². The van der Waals surface area contributed by atoms with Crippen LogP contribution in [0.25, 0.3) is 0 Å². The van der Waals surface area contributed by atoms with Gasteiger partial charge in [0.1, 0.15) is 0 Å². The van der Waals surface area contributed by atoms with E-state index in [-0.39, 0.29) is 6.10 Å². The van der Waals surface area contributed by atoms with Crippen molar-refractivity contribution in [2.45, 2.75) is 38.8 Å². The highest BCUT2D eigenvalue weighted by Gasteiger charge is 2.23. The van der Waals surface area contributed by atoms with Crippen molar-refractivity contribution in [1.29, 1.82) is 0 Å². The van der Waals surface area contributed by atoms with Gasteiger partial charge in [0.15, 0.2) is 0 Å². The van der Waals surface area contributed by atoms with Crippen LogP contribution in [0.2, 0.25) is 0 Å². The first-order chi connectivity index (χ1) is 6.99. The highest BCUT2D eigenvalue weighted by Crippen LogP contribution is 2.17. The van der Waals surface area contributed by atoms with E-state index in [1.54, 1.807) is 0 Å². The molecule has 86 valence electrons. The lowest BCUT2D eigenvalue weighted by molar-refractivity contribution is -0.131. The molecule has 2 N–H and O–H groups in total. The Hall–Kier alpha value is -0.870. The van der Waals surface area contributed by atoms with Crippen LogP contribution in [-0.2, 0) is 4.79 Å². The van der Waals surface area contributed by atoms with Crippen LogP contribution in [-0.4, -0.2) is 46.3 Å². The quantitative estimate of drug-likeness (QED) is 0.683. The van der Waals surface area contributed by atoms with E-state index in [2.05, 4.69) is 11.8 Å². The maximum atomic E-state index is 10.5. The maximum Gasteiger partial charge on any atom is 0.328 e. The summed E-state index contributed by atoms with van der Waals surface area (Å²) in [7, 11) is 0. The Balaban J connectivity index is 2.52. The molecular weight excluding hydrogens is 194 g/mol. The molecule has 1 aliphatic heterocycles. The lowest BCUT2D eigenvalue weighted by Crippen LogP contribution is -2.44. The lowest BCUT2D eigenvalue weighted by atomic mass is 10.0. The van der Waals surface area contributed by atoms with E-state index in [0.717, 1.165) is 18.4 Å². The molecule has 0 aromatic carbocycles. The van der Waals surface area contributed by atoms with Crippen LogP contribution in [0.15, 0.2) is 11.6 Å². The molecule has 0 aliphatic carbocycles. The zero-order valence-electron chi connectivity index (χ0n) is 9.31. The van der Waals surface area contributed by atoms with Gasteiger partial charge in [-0.3, -0.25) is 4.90 Å². The van der Waals surface area contributed by atoms with Crippen molar-refractivity contribution in [3.8, 4) is 0 Å². The summed E-state index contributed by atoms with van der Waals surface area (Å²) in [4.78, 5) is 12.6. The molecule has 0 radical (unpaired) electrons. The number of rotatable bonds is 3. The van der Waals surface area contributed by atoms with Gasteiger partial charge < -0.3 is 10.2 Å². The number of likely N-dealkylation sites (tertiary alicyclic amines) is 1. The number of piperidine rings is 1. The summed E-state index contributed by atoms with van der Waals surface area (Å²) in [6.07, 6.45) is 2.79. The first-order valence-electron chi connectivity index (χ1n) is 5.31. The standard InChI is InChI=1S/C11H19NO3/c1-8(5-11(14)15)6-12-7-10(13)4-3-9(12)2/h5,9-10,13H,3-4,6-7H2,1-2H3,(H,14,15)/b8-5+/t9-,10-/m1/s1. The molecule has 0 aromatic heterocycles. The van der Waals surface area contributed by atoms with Crippen LogP contribution < -0.4 is 0 Å². The number of hydrogen-bond acceptors (Lipinski definition) is 3. The Bertz CT molecular complexity index is 263. The summed E-state index contributed by atoms with van der Waals surface area (Å²) < 4.78 is 0. The van der Waals surface area contributed by atoms with Crippen LogP contribution in [0, 0.1) is 0 Å². The van der Waals surface area contributed by atoms with Crippen molar-refractivity contribution >= 4 is 5.97 Å². The van der Waals surface area contributed by atoms with Crippen LogP contribution in [0.5, 0.6) is 0 Å². The lowest BCUT2D eigenvalue weighted by Gasteiger charge is -2.36. The second kappa shape index (κ2) is 5.28. The molecule has 1 saturated heterocycles. The van der Waals surface area contributed by atoms with Crippen LogP contribution in [0.1, 0.15) is 26.7 Å². The van der Waals surface area contributed by atoms with Crippen molar-refractivity contribution in [3.05, 3.63) is 11.6 Å². The van der Waals surface area contributed by atoms with E-state index >= 15 is 0 Å². The molecule has 15 heavy (non-hydrogen) atoms. The summed E-state index contributed by atoms with van der Waals surface area (Å²) in [5.41, 5.74) is 0.823. The molecule has 4 nitrogen and oxygen atoms in total. The number of carbonyl (C=O) groups is 1. The molecule has 0 unspecified atom stereocenters. The van der Waals surface area contributed by atoms with Gasteiger partial charge in [0.25, 0.3) is 0 Å². The third kappa shape index (κ3) is 4.01. The monoisotopic (exact) mass is 213 g/mol. The van der Waals surface area contributed by atoms with Gasteiger partial charge in [-0.1, -0.05) is 5.57 Å². The second-order valence-corrected chi connectivity index (χ2v) is 4.34. The van der Waals surface area contributed by atoms with Crippen molar-refractivity contribution in [3.63, 3.8) is 0 Å². The van der Waals surface area contributed by atoms with E-state index in [0.29, 0.717) is 19.1 Å². The number of aliphatic hydroxyl groups is 1. The third-order valence-electron chi connectivity index (χ3n) is 2.81. The molecule has 1 heterocycles. The smallest absolute Gasteiger partial charge is 0.328 e. The van der Waals surface area contributed by atoms with Crippen molar-refractivity contribution < 1.29 is 15.0 Å². The van der Waals surface area contributed by atoms with E-state index in [1.807, 2.05) is 6.92 Å². The SMILES string of the molecule is C/C(=C\C(=O)O)CN1C[C@H](O)CC[C@H]1C. The molecule has 0 spiro atoms. The van der Waals surface area contributed by atoms with Gasteiger partial charge in [0.05, 0.1) is 6.10 Å². The minimum absolute atomic E-state index is 0.265. The fourth-order valence-electron chi connectivity index (χ4n) is 1.96. The second-order valence-electron chi connectivity index (χ2n) is 4.34. The van der Waals surface area contributed by atoms with Gasteiger partial charge in [-0.2, -0.15) is 0 Å². The molecule has 2 atom stereocenters. The summed E-state index contributed by atoms with van der Waals surface area (Å²) in [6.45, 7) is 5.19. The first kappa shape index (κ1) is 12.2. The average Bonchev–Trinajstić information content (AvgIpc) is 2.10. The number of nitrogens with zero attached hydrogens (tertiary/aromatic N) is 1. The number of carboxylic acid groups (broad SMARTS) is 1. The zero-order chi connectivity index (χ0) is 11.4. The highest BCUT2D eigenvalue weighted by molar-refractivity contribution is 5.80. The fourth-order valence-corrected chi connectivity index (χ4v) is 1.96. The van der Waals surface area contributed by atoms with Gasteiger partial charge in [-0.05, 0) is 26.7 Å². The Kier molecular flexibility index (Phi) is 4.29. The predicted molar refractivity (Wildman–Crippen MR) is 57.7 cm³/mol. The van der Waals surface area contributed by atoms with Crippen LogP contribution in [0.4, 0.5) is 0 Å². The summed E-state index contributed by atoms with van der Waals surface area (Å²) >= 11 is 0. The molecule has 4 heteroatoms. The summed E-state index contributed by atoms with van der Waals surface area (Å²) in [5.74, 6) is -0.905.